The normalized spacial score (nSPS) is 11.3. The van der Waals surface area contributed by atoms with Gasteiger partial charge in [0.1, 0.15) is 0 Å². The zero-order valence-corrected chi connectivity index (χ0v) is 14.7. The third-order valence-electron chi connectivity index (χ3n) is 3.77. The smallest absolute Gasteiger partial charge is 0.166 e. The summed E-state index contributed by atoms with van der Waals surface area (Å²) in [6.45, 7) is 5.57. The van der Waals surface area contributed by atoms with E-state index in [9.17, 15) is 0 Å². The number of nitrogens with one attached hydrogen (secondary N) is 1. The summed E-state index contributed by atoms with van der Waals surface area (Å²) in [5, 5.41) is 0.979. The number of thioether (sulfide) groups is 1. The minimum absolute atomic E-state index is 0.649. The second-order valence-electron chi connectivity index (χ2n) is 6.25. The fourth-order valence-electron chi connectivity index (χ4n) is 2.80. The molecule has 3 rings (SSSR count). The highest BCUT2D eigenvalue weighted by Crippen LogP contribution is 2.28. The first-order valence-electron chi connectivity index (χ1n) is 8.00. The molecule has 1 N–H and O–H groups in total. The van der Waals surface area contributed by atoms with Crippen LogP contribution < -0.4 is 4.90 Å². The minimum atomic E-state index is 0.649. The summed E-state index contributed by atoms with van der Waals surface area (Å²) in [6, 6.07) is 16.8. The molecule has 1 aromatic heterocycles. The number of imidazole rings is 1. The van der Waals surface area contributed by atoms with Gasteiger partial charge in [0, 0.05) is 25.0 Å². The summed E-state index contributed by atoms with van der Waals surface area (Å²) in [5.41, 5.74) is 4.78. The molecule has 0 spiro atoms. The Morgan fingerprint density at radius 1 is 1.09 bits per heavy atom. The molecule has 0 bridgehead atoms. The summed E-state index contributed by atoms with van der Waals surface area (Å²) in [4.78, 5) is 10.4. The third kappa shape index (κ3) is 3.88. The molecule has 0 unspecified atom stereocenters. The number of aromatic nitrogens is 2. The number of aromatic amines is 1. The Labute approximate surface area is 142 Å². The Morgan fingerprint density at radius 3 is 2.61 bits per heavy atom. The van der Waals surface area contributed by atoms with Gasteiger partial charge in [0.2, 0.25) is 0 Å². The highest BCUT2D eigenvalue weighted by molar-refractivity contribution is 7.98. The number of fused-ring (bicyclic) bond motifs is 1. The molecule has 23 heavy (non-hydrogen) atoms. The van der Waals surface area contributed by atoms with Gasteiger partial charge in [-0.3, -0.25) is 0 Å². The molecule has 0 saturated carbocycles. The van der Waals surface area contributed by atoms with Crippen molar-refractivity contribution >= 4 is 28.5 Å². The predicted molar refractivity (Wildman–Crippen MR) is 100 cm³/mol. The summed E-state index contributed by atoms with van der Waals surface area (Å²) >= 11 is 1.76. The molecule has 2 aromatic carbocycles. The largest absolute Gasteiger partial charge is 0.374 e. The van der Waals surface area contributed by atoms with Crippen LogP contribution in [0.3, 0.4) is 0 Å². The number of hydrogen-bond acceptors (Lipinski definition) is 3. The van der Waals surface area contributed by atoms with E-state index in [-0.39, 0.29) is 0 Å². The average molecular weight is 325 g/mol. The number of benzene rings is 2. The quantitative estimate of drug-likeness (QED) is 0.651. The fourth-order valence-corrected chi connectivity index (χ4v) is 3.68. The van der Waals surface area contributed by atoms with E-state index in [1.807, 2.05) is 18.2 Å². The van der Waals surface area contributed by atoms with Crippen molar-refractivity contribution in [2.75, 3.05) is 18.5 Å². The first kappa shape index (κ1) is 15.9. The van der Waals surface area contributed by atoms with Crippen molar-refractivity contribution in [3.8, 4) is 0 Å². The number of rotatable bonds is 6. The van der Waals surface area contributed by atoms with Crippen molar-refractivity contribution in [2.24, 2.45) is 5.92 Å². The maximum Gasteiger partial charge on any atom is 0.166 e. The van der Waals surface area contributed by atoms with Crippen LogP contribution in [0.2, 0.25) is 0 Å². The van der Waals surface area contributed by atoms with E-state index in [4.69, 9.17) is 0 Å². The molecule has 0 atom stereocenters. The molecule has 0 saturated heterocycles. The van der Waals surface area contributed by atoms with E-state index in [1.54, 1.807) is 11.8 Å². The van der Waals surface area contributed by atoms with Crippen molar-refractivity contribution in [1.82, 2.24) is 9.97 Å². The Hall–Kier alpha value is -1.94. The molecule has 120 valence electrons. The Kier molecular flexibility index (Phi) is 4.91. The molecular weight excluding hydrogens is 302 g/mol. The lowest BCUT2D eigenvalue weighted by molar-refractivity contribution is 0.637. The lowest BCUT2D eigenvalue weighted by Crippen LogP contribution is -2.23. The number of H-pyrrole nitrogens is 1. The molecule has 0 aliphatic rings. The highest BCUT2D eigenvalue weighted by atomic mass is 32.2. The van der Waals surface area contributed by atoms with Gasteiger partial charge in [-0.1, -0.05) is 55.9 Å². The van der Waals surface area contributed by atoms with E-state index in [0.29, 0.717) is 5.92 Å². The second-order valence-corrected chi connectivity index (χ2v) is 7.21. The summed E-state index contributed by atoms with van der Waals surface area (Å²) in [6.07, 6.45) is 0. The van der Waals surface area contributed by atoms with Crippen LogP contribution in [0.25, 0.3) is 11.0 Å². The van der Waals surface area contributed by atoms with Crippen molar-refractivity contribution in [3.63, 3.8) is 0 Å². The van der Waals surface area contributed by atoms with Crippen LogP contribution >= 0.6 is 11.8 Å². The van der Waals surface area contributed by atoms with Crippen molar-refractivity contribution in [2.45, 2.75) is 24.8 Å². The third-order valence-corrected chi connectivity index (χ3v) is 4.70. The van der Waals surface area contributed by atoms with Gasteiger partial charge in [-0.15, -0.1) is 0 Å². The minimum Gasteiger partial charge on any atom is -0.374 e. The predicted octanol–water partition coefficient (Wildman–Crippen LogP) is 4.95. The molecule has 1 heterocycles. The molecule has 0 aliphatic carbocycles. The average Bonchev–Trinajstić information content (AvgIpc) is 2.95. The van der Waals surface area contributed by atoms with Crippen LogP contribution in [0.4, 0.5) is 5.69 Å². The van der Waals surface area contributed by atoms with Gasteiger partial charge >= 0.3 is 0 Å². The maximum atomic E-state index is 4.64. The molecule has 4 heteroatoms. The fraction of sp³-hybridized carbons (Fsp3) is 0.316. The Balaban J connectivity index is 1.75. The van der Waals surface area contributed by atoms with Crippen molar-refractivity contribution in [3.05, 3.63) is 54.1 Å². The first-order chi connectivity index (χ1) is 11.1. The summed E-state index contributed by atoms with van der Waals surface area (Å²) in [7, 11) is 2.17. The van der Waals surface area contributed by atoms with E-state index >= 15 is 0 Å². The van der Waals surface area contributed by atoms with Crippen LogP contribution in [0.5, 0.6) is 0 Å². The molecular formula is C19H23N3S. The lowest BCUT2D eigenvalue weighted by Gasteiger charge is -2.24. The van der Waals surface area contributed by atoms with Crippen LogP contribution in [-0.2, 0) is 5.75 Å². The topological polar surface area (TPSA) is 31.9 Å². The van der Waals surface area contributed by atoms with Gasteiger partial charge in [0.05, 0.1) is 11.0 Å². The van der Waals surface area contributed by atoms with Gasteiger partial charge in [0.25, 0.3) is 0 Å². The van der Waals surface area contributed by atoms with Crippen LogP contribution in [0, 0.1) is 5.92 Å². The molecule has 0 aliphatic heterocycles. The zero-order valence-electron chi connectivity index (χ0n) is 13.9. The molecule has 0 fully saturated rings. The number of hydrogen-bond donors (Lipinski definition) is 1. The number of nitrogens with zero attached hydrogens (tertiary/aromatic N) is 2. The highest BCUT2D eigenvalue weighted by Gasteiger charge is 2.10. The van der Waals surface area contributed by atoms with Gasteiger partial charge in [-0.05, 0) is 29.7 Å². The monoisotopic (exact) mass is 325 g/mol. The van der Waals surface area contributed by atoms with Crippen LogP contribution in [0.1, 0.15) is 19.4 Å². The van der Waals surface area contributed by atoms with Gasteiger partial charge in [0.15, 0.2) is 5.16 Å². The van der Waals surface area contributed by atoms with Crippen molar-refractivity contribution in [1.29, 1.82) is 0 Å². The second kappa shape index (κ2) is 7.09. The zero-order chi connectivity index (χ0) is 16.2. The standard InChI is InChI=1S/C19H23N3S/c1-14(2)12-22(3)18-11-7-4-8-15(18)13-23-19-20-16-9-5-6-10-17(16)21-19/h4-11,14H,12-13H2,1-3H3,(H,20,21). The van der Waals surface area contributed by atoms with Gasteiger partial charge in [-0.25, -0.2) is 4.98 Å². The van der Waals surface area contributed by atoms with E-state index in [0.717, 1.165) is 28.5 Å². The maximum absolute atomic E-state index is 4.64. The lowest BCUT2D eigenvalue weighted by atomic mass is 10.1. The first-order valence-corrected chi connectivity index (χ1v) is 8.98. The van der Waals surface area contributed by atoms with Crippen molar-refractivity contribution < 1.29 is 0 Å². The van der Waals surface area contributed by atoms with Gasteiger partial charge < -0.3 is 9.88 Å². The van der Waals surface area contributed by atoms with Gasteiger partial charge in [-0.2, -0.15) is 0 Å². The Bertz CT molecular complexity index is 746. The molecule has 3 aromatic rings. The SMILES string of the molecule is CC(C)CN(C)c1ccccc1CSc1nc2ccccc2[nH]1. The molecule has 0 amide bonds. The van der Waals surface area contributed by atoms with E-state index < -0.39 is 0 Å². The van der Waals surface area contributed by atoms with E-state index in [1.165, 1.54) is 11.3 Å². The molecule has 0 radical (unpaired) electrons. The van der Waals surface area contributed by atoms with Crippen LogP contribution in [-0.4, -0.2) is 23.6 Å². The Morgan fingerprint density at radius 2 is 1.83 bits per heavy atom. The summed E-state index contributed by atoms with van der Waals surface area (Å²) < 4.78 is 0. The summed E-state index contributed by atoms with van der Waals surface area (Å²) in [5.74, 6) is 1.56. The van der Waals surface area contributed by atoms with E-state index in [2.05, 4.69) is 66.1 Å². The number of para-hydroxylation sites is 3. The number of anilines is 1. The molecule has 3 nitrogen and oxygen atoms in total. The van der Waals surface area contributed by atoms with Crippen LogP contribution in [0.15, 0.2) is 53.7 Å².